The Balaban J connectivity index is 1.17. The first-order chi connectivity index (χ1) is 17.6. The maximum absolute atomic E-state index is 13.6. The van der Waals surface area contributed by atoms with Crippen LogP contribution in [-0.4, -0.2) is 52.6 Å². The summed E-state index contributed by atoms with van der Waals surface area (Å²) in [5.41, 5.74) is -0.0393. The third kappa shape index (κ3) is 5.02. The van der Waals surface area contributed by atoms with Crippen molar-refractivity contribution in [2.45, 2.75) is 68.7 Å². The number of halogens is 2. The number of hydrogen-bond donors (Lipinski definition) is 3. The highest BCUT2D eigenvalue weighted by atomic mass is 35.5. The van der Waals surface area contributed by atoms with Crippen LogP contribution >= 0.6 is 11.6 Å². The normalized spacial score (nSPS) is 28.2. The van der Waals surface area contributed by atoms with Crippen LogP contribution in [0.25, 0.3) is 0 Å². The van der Waals surface area contributed by atoms with Crippen molar-refractivity contribution < 1.29 is 33.4 Å². The van der Waals surface area contributed by atoms with E-state index >= 15 is 0 Å². The van der Waals surface area contributed by atoms with Crippen LogP contribution in [0.2, 0.25) is 5.02 Å². The van der Waals surface area contributed by atoms with Crippen LogP contribution in [0.15, 0.2) is 36.4 Å². The average molecular weight is 531 g/mol. The van der Waals surface area contributed by atoms with Crippen LogP contribution in [-0.2, 0) is 9.59 Å². The van der Waals surface area contributed by atoms with Gasteiger partial charge in [0.25, 0.3) is 11.8 Å². The van der Waals surface area contributed by atoms with Crippen LogP contribution in [0.3, 0.4) is 0 Å². The van der Waals surface area contributed by atoms with E-state index in [4.69, 9.17) is 21.1 Å². The monoisotopic (exact) mass is 530 g/mol. The van der Waals surface area contributed by atoms with Crippen molar-refractivity contribution in [2.24, 2.45) is 0 Å². The zero-order valence-corrected chi connectivity index (χ0v) is 21.1. The molecule has 6 rings (SSSR count). The number of ketones is 1. The number of Topliss-reactive ketones (excluding diaryl/α,β-unsaturated/α-hetero) is 1. The Morgan fingerprint density at radius 1 is 1.16 bits per heavy atom. The van der Waals surface area contributed by atoms with Crippen molar-refractivity contribution in [2.75, 3.05) is 6.61 Å². The number of ether oxygens (including phenoxy) is 2. The van der Waals surface area contributed by atoms with Crippen molar-refractivity contribution >= 4 is 29.2 Å². The quantitative estimate of drug-likeness (QED) is 0.528. The number of rotatable bonds is 6. The molecule has 2 atom stereocenters. The summed E-state index contributed by atoms with van der Waals surface area (Å²) in [7, 11) is 0. The van der Waals surface area contributed by atoms with Gasteiger partial charge < -0.3 is 25.2 Å². The van der Waals surface area contributed by atoms with Gasteiger partial charge in [-0.3, -0.25) is 14.4 Å². The Kier molecular flexibility index (Phi) is 6.62. The van der Waals surface area contributed by atoms with E-state index in [9.17, 15) is 23.9 Å². The molecule has 37 heavy (non-hydrogen) atoms. The molecule has 1 heterocycles. The summed E-state index contributed by atoms with van der Waals surface area (Å²) in [5, 5.41) is 16.9. The van der Waals surface area contributed by atoms with Crippen LogP contribution in [0.4, 0.5) is 4.39 Å². The topological polar surface area (TPSA) is 114 Å². The lowest BCUT2D eigenvalue weighted by Crippen LogP contribution is -2.71. The first-order valence-electron chi connectivity index (χ1n) is 12.3. The van der Waals surface area contributed by atoms with Crippen molar-refractivity contribution in [3.05, 3.63) is 58.4 Å². The fourth-order valence-electron chi connectivity index (χ4n) is 5.62. The van der Waals surface area contributed by atoms with Crippen molar-refractivity contribution in [1.29, 1.82) is 0 Å². The highest BCUT2D eigenvalue weighted by Gasteiger charge is 2.55. The number of carbonyl (C=O) groups excluding carboxylic acids is 3. The Morgan fingerprint density at radius 3 is 2.62 bits per heavy atom. The molecule has 196 valence electrons. The minimum absolute atomic E-state index is 0.0413. The van der Waals surface area contributed by atoms with Gasteiger partial charge in [0.2, 0.25) is 0 Å². The zero-order chi connectivity index (χ0) is 26.4. The molecule has 10 heteroatoms. The molecule has 3 N–H and O–H groups in total. The number of nitrogens with one attached hydrogen (secondary N) is 2. The number of carbonyl (C=O) groups is 3. The fourth-order valence-corrected chi connectivity index (χ4v) is 5.73. The van der Waals surface area contributed by atoms with E-state index in [1.165, 1.54) is 12.1 Å². The summed E-state index contributed by atoms with van der Waals surface area (Å²) in [6.45, 7) is 1.55. The predicted molar refractivity (Wildman–Crippen MR) is 132 cm³/mol. The number of hydrogen-bond acceptors (Lipinski definition) is 6. The van der Waals surface area contributed by atoms with E-state index in [-0.39, 0.29) is 41.9 Å². The first kappa shape index (κ1) is 25.5. The van der Waals surface area contributed by atoms with Crippen LogP contribution < -0.4 is 20.1 Å². The van der Waals surface area contributed by atoms with Crippen molar-refractivity contribution in [3.8, 4) is 11.5 Å². The van der Waals surface area contributed by atoms with E-state index in [2.05, 4.69) is 10.6 Å². The van der Waals surface area contributed by atoms with Gasteiger partial charge in [0.05, 0.1) is 28.6 Å². The summed E-state index contributed by atoms with van der Waals surface area (Å²) in [5.74, 6) is -1.03. The molecule has 0 radical (unpaired) electrons. The van der Waals surface area contributed by atoms with Gasteiger partial charge in [-0.15, -0.1) is 0 Å². The van der Waals surface area contributed by atoms with Crippen LogP contribution in [0.1, 0.15) is 54.4 Å². The molecule has 2 amide bonds. The number of aliphatic hydroxyl groups excluding tert-OH is 1. The van der Waals surface area contributed by atoms with Gasteiger partial charge in [0.15, 0.2) is 18.5 Å². The van der Waals surface area contributed by atoms with Gasteiger partial charge in [-0.05, 0) is 63.3 Å². The molecular formula is C27H28ClFN2O6. The summed E-state index contributed by atoms with van der Waals surface area (Å²) in [4.78, 5) is 38.3. The minimum atomic E-state index is -0.933. The predicted octanol–water partition coefficient (Wildman–Crippen LogP) is 3.25. The molecular weight excluding hydrogens is 503 g/mol. The molecule has 4 aliphatic rings. The molecule has 1 unspecified atom stereocenters. The first-order valence-corrected chi connectivity index (χ1v) is 12.7. The second kappa shape index (κ2) is 9.61. The molecule has 2 bridgehead atoms. The smallest absolute Gasteiger partial charge is 0.261 e. The van der Waals surface area contributed by atoms with E-state index < -0.39 is 35.0 Å². The summed E-state index contributed by atoms with van der Waals surface area (Å²) < 4.78 is 24.8. The number of amides is 2. The summed E-state index contributed by atoms with van der Waals surface area (Å²) in [6.07, 6.45) is 0.426. The molecule has 2 aromatic rings. The van der Waals surface area contributed by atoms with Gasteiger partial charge in [0.1, 0.15) is 17.3 Å². The van der Waals surface area contributed by atoms with Gasteiger partial charge in [0, 0.05) is 11.6 Å². The highest BCUT2D eigenvalue weighted by Crippen LogP contribution is 2.47. The van der Waals surface area contributed by atoms with Gasteiger partial charge >= 0.3 is 0 Å². The van der Waals surface area contributed by atoms with Crippen LogP contribution in [0, 0.1) is 12.7 Å². The molecule has 2 aromatic carbocycles. The molecule has 1 aliphatic heterocycles. The van der Waals surface area contributed by atoms with Gasteiger partial charge in [-0.2, -0.15) is 0 Å². The lowest BCUT2D eigenvalue weighted by Gasteiger charge is -2.56. The molecule has 3 saturated carbocycles. The number of aliphatic hydroxyl groups is 1. The number of benzene rings is 2. The lowest BCUT2D eigenvalue weighted by atomic mass is 9.59. The second-order valence-electron chi connectivity index (χ2n) is 10.3. The summed E-state index contributed by atoms with van der Waals surface area (Å²) >= 11 is 5.66. The highest BCUT2D eigenvalue weighted by molar-refractivity contribution is 6.30. The third-order valence-electron chi connectivity index (χ3n) is 7.73. The van der Waals surface area contributed by atoms with E-state index in [0.717, 1.165) is 11.6 Å². The molecule has 0 aromatic heterocycles. The van der Waals surface area contributed by atoms with E-state index in [0.29, 0.717) is 37.0 Å². The van der Waals surface area contributed by atoms with Crippen molar-refractivity contribution in [1.82, 2.24) is 10.6 Å². The maximum atomic E-state index is 13.6. The Hall–Kier alpha value is -3.17. The number of fused-ring (bicyclic) bond motifs is 4. The number of aryl methyl sites for hydroxylation is 1. The molecule has 8 nitrogen and oxygen atoms in total. The Bertz CT molecular complexity index is 1260. The minimum Gasteiger partial charge on any atom is -0.484 e. The molecule has 0 spiro atoms. The third-order valence-corrected chi connectivity index (χ3v) is 8.03. The Morgan fingerprint density at radius 2 is 1.92 bits per heavy atom. The second-order valence-corrected chi connectivity index (χ2v) is 10.7. The molecule has 0 saturated heterocycles. The van der Waals surface area contributed by atoms with E-state index in [1.807, 2.05) is 13.0 Å². The lowest BCUT2D eigenvalue weighted by molar-refractivity contribution is -0.139. The SMILES string of the molecule is Cc1ccc2c(c1)C(=O)CC(C(=O)NC13CCC(NC(=O)COc4ccc(Cl)c(F)c4)(CC1)[C@@H](O)C3)O2. The molecule has 3 aliphatic carbocycles. The Labute approximate surface area is 218 Å². The van der Waals surface area contributed by atoms with Gasteiger partial charge in [-0.25, -0.2) is 4.39 Å². The average Bonchev–Trinajstić information content (AvgIpc) is 2.86. The standard InChI is InChI=1S/C27H28ClFN2O6/c1-15-2-5-21-17(10-15)20(32)12-22(37-21)25(35)31-26-6-8-27(9-7-26,23(33)13-26)30-24(34)14-36-16-3-4-18(28)19(29)11-16/h2-5,10-11,22-23,33H,6-9,12-14H2,1H3,(H,30,34)(H,31,35)/t22?,23-,26?,27?/m0/s1. The van der Waals surface area contributed by atoms with E-state index in [1.54, 1.807) is 12.1 Å². The largest absolute Gasteiger partial charge is 0.484 e. The zero-order valence-electron chi connectivity index (χ0n) is 20.3. The van der Waals surface area contributed by atoms with Gasteiger partial charge in [-0.1, -0.05) is 23.2 Å². The van der Waals surface area contributed by atoms with Crippen LogP contribution in [0.5, 0.6) is 11.5 Å². The summed E-state index contributed by atoms with van der Waals surface area (Å²) in [6, 6.07) is 9.20. The maximum Gasteiger partial charge on any atom is 0.261 e. The molecule has 3 fully saturated rings. The van der Waals surface area contributed by atoms with Crippen molar-refractivity contribution in [3.63, 3.8) is 0 Å². The fraction of sp³-hybridized carbons (Fsp3) is 0.444.